The minimum atomic E-state index is -4.17. The molecule has 0 aliphatic heterocycles. The van der Waals surface area contributed by atoms with Gasteiger partial charge < -0.3 is 4.74 Å². The normalized spacial score (nSPS) is 24.3. The van der Waals surface area contributed by atoms with E-state index in [0.717, 1.165) is 0 Å². The summed E-state index contributed by atoms with van der Waals surface area (Å²) in [5.41, 5.74) is 0.542. The topological polar surface area (TPSA) is 110 Å². The summed E-state index contributed by atoms with van der Waals surface area (Å²) in [4.78, 5) is 19.8. The van der Waals surface area contributed by atoms with Crippen molar-refractivity contribution in [3.05, 3.63) is 11.8 Å². The number of hydrogen-bond donors (Lipinski definition) is 2. The van der Waals surface area contributed by atoms with E-state index in [-0.39, 0.29) is 18.2 Å². The predicted molar refractivity (Wildman–Crippen MR) is 86.5 cm³/mol. The second-order valence-corrected chi connectivity index (χ2v) is 8.45. The first-order valence-electron chi connectivity index (χ1n) is 6.74. The molecular weight excluding hydrogens is 367 g/mol. The van der Waals surface area contributed by atoms with Gasteiger partial charge in [-0.05, 0) is 26.2 Å². The van der Waals surface area contributed by atoms with Gasteiger partial charge in [0.2, 0.25) is 11.8 Å². The van der Waals surface area contributed by atoms with Crippen LogP contribution in [-0.4, -0.2) is 41.1 Å². The number of carbonyl (C=O) groups is 1. The Morgan fingerprint density at radius 2 is 2.17 bits per heavy atom. The van der Waals surface area contributed by atoms with Crippen LogP contribution in [-0.2, 0) is 10.0 Å². The Morgan fingerprint density at radius 3 is 2.74 bits per heavy atom. The number of rotatable bonds is 4. The zero-order valence-corrected chi connectivity index (χ0v) is 14.8. The molecule has 128 valence electrons. The number of urea groups is 1. The Morgan fingerprint density at radius 1 is 1.48 bits per heavy atom. The number of alkyl halides is 2. The SMILES string of the molecule is COc1cc(C)nc(NC(=O)NS(=O)(=O)C2(Cl)CCCC2Cl)n1. The highest BCUT2D eigenvalue weighted by Crippen LogP contribution is 2.43. The van der Waals surface area contributed by atoms with Gasteiger partial charge in [0.05, 0.1) is 12.5 Å². The standard InChI is InChI=1S/C12H16Cl2N4O4S/c1-7-6-9(22-2)16-10(15-7)17-11(19)18-23(20,21)12(14)5-3-4-8(12)13/h6,8H,3-5H2,1-2H3,(H2,15,16,17,18,19). The number of nitrogens with one attached hydrogen (secondary N) is 2. The summed E-state index contributed by atoms with van der Waals surface area (Å²) in [5, 5.41) is 1.46. The smallest absolute Gasteiger partial charge is 0.335 e. The van der Waals surface area contributed by atoms with Gasteiger partial charge in [-0.25, -0.2) is 22.9 Å². The largest absolute Gasteiger partial charge is 0.481 e. The van der Waals surface area contributed by atoms with E-state index in [9.17, 15) is 13.2 Å². The fraction of sp³-hybridized carbons (Fsp3) is 0.583. The van der Waals surface area contributed by atoms with Crippen molar-refractivity contribution in [2.45, 2.75) is 35.8 Å². The first-order valence-corrected chi connectivity index (χ1v) is 9.04. The van der Waals surface area contributed by atoms with Crippen LogP contribution >= 0.6 is 23.2 Å². The Kier molecular flexibility index (Phi) is 5.22. The highest BCUT2D eigenvalue weighted by molar-refractivity contribution is 7.93. The third-order valence-corrected chi connectivity index (χ3v) is 7.11. The van der Waals surface area contributed by atoms with Crippen LogP contribution in [0.25, 0.3) is 0 Å². The lowest BCUT2D eigenvalue weighted by Gasteiger charge is -2.24. The van der Waals surface area contributed by atoms with Crippen LogP contribution in [0.2, 0.25) is 0 Å². The van der Waals surface area contributed by atoms with Crippen LogP contribution in [0.1, 0.15) is 25.0 Å². The molecule has 0 radical (unpaired) electrons. The summed E-state index contributed by atoms with van der Waals surface area (Å²) in [5.74, 6) is 0.146. The molecule has 1 heterocycles. The van der Waals surface area contributed by atoms with Crippen LogP contribution in [0.15, 0.2) is 6.07 Å². The van der Waals surface area contributed by atoms with Gasteiger partial charge in [-0.15, -0.1) is 11.6 Å². The first kappa shape index (κ1) is 18.0. The molecule has 1 aliphatic carbocycles. The zero-order chi connectivity index (χ0) is 17.3. The van der Waals surface area contributed by atoms with Crippen molar-refractivity contribution >= 4 is 45.2 Å². The summed E-state index contributed by atoms with van der Waals surface area (Å²) in [6.45, 7) is 1.68. The molecule has 0 spiro atoms. The molecule has 2 amide bonds. The van der Waals surface area contributed by atoms with Crippen LogP contribution in [0.4, 0.5) is 10.7 Å². The number of methoxy groups -OCH3 is 1. The number of sulfonamides is 1. The van der Waals surface area contributed by atoms with Crippen molar-refractivity contribution in [3.63, 3.8) is 0 Å². The molecule has 1 fully saturated rings. The second-order valence-electron chi connectivity index (χ2n) is 5.08. The summed E-state index contributed by atoms with van der Waals surface area (Å²) in [6.07, 6.45) is 1.20. The lowest BCUT2D eigenvalue weighted by molar-refractivity contribution is 0.256. The third-order valence-electron chi connectivity index (χ3n) is 3.38. The Balaban J connectivity index is 2.12. The van der Waals surface area contributed by atoms with E-state index in [4.69, 9.17) is 27.9 Å². The first-order chi connectivity index (χ1) is 10.7. The summed E-state index contributed by atoms with van der Waals surface area (Å²) >= 11 is 12.1. The number of amides is 2. The van der Waals surface area contributed by atoms with Gasteiger partial charge in [0.15, 0.2) is 4.21 Å². The summed E-state index contributed by atoms with van der Waals surface area (Å²) in [6, 6.07) is 0.540. The van der Waals surface area contributed by atoms with Crippen LogP contribution < -0.4 is 14.8 Å². The minimum Gasteiger partial charge on any atom is -0.481 e. The van der Waals surface area contributed by atoms with Gasteiger partial charge in [0.1, 0.15) is 0 Å². The van der Waals surface area contributed by atoms with Gasteiger partial charge in [-0.1, -0.05) is 11.6 Å². The highest BCUT2D eigenvalue weighted by Gasteiger charge is 2.52. The average Bonchev–Trinajstić information content (AvgIpc) is 2.79. The van der Waals surface area contributed by atoms with E-state index < -0.39 is 25.6 Å². The lowest BCUT2D eigenvalue weighted by atomic mass is 10.3. The predicted octanol–water partition coefficient (Wildman–Crippen LogP) is 1.97. The van der Waals surface area contributed by atoms with Crippen LogP contribution in [0.5, 0.6) is 5.88 Å². The van der Waals surface area contributed by atoms with Gasteiger partial charge >= 0.3 is 6.03 Å². The van der Waals surface area contributed by atoms with Crippen molar-refractivity contribution in [1.82, 2.24) is 14.7 Å². The van der Waals surface area contributed by atoms with E-state index in [1.807, 2.05) is 4.72 Å². The molecule has 8 nitrogen and oxygen atoms in total. The van der Waals surface area contributed by atoms with Gasteiger partial charge in [0, 0.05) is 11.8 Å². The lowest BCUT2D eigenvalue weighted by Crippen LogP contribution is -2.48. The number of ether oxygens (including phenoxy) is 1. The maximum Gasteiger partial charge on any atom is 0.335 e. The molecule has 1 aromatic heterocycles. The van der Waals surface area contributed by atoms with Crippen LogP contribution in [0.3, 0.4) is 0 Å². The summed E-state index contributed by atoms with van der Waals surface area (Å²) in [7, 11) is -2.76. The maximum absolute atomic E-state index is 12.3. The number of anilines is 1. The second kappa shape index (κ2) is 6.66. The molecule has 2 N–H and O–H groups in total. The van der Waals surface area contributed by atoms with E-state index in [0.29, 0.717) is 18.5 Å². The monoisotopic (exact) mass is 382 g/mol. The molecule has 0 bridgehead atoms. The van der Waals surface area contributed by atoms with E-state index in [2.05, 4.69) is 15.3 Å². The molecule has 2 rings (SSSR count). The van der Waals surface area contributed by atoms with E-state index in [1.165, 1.54) is 7.11 Å². The van der Waals surface area contributed by atoms with Crippen molar-refractivity contribution in [2.24, 2.45) is 0 Å². The molecule has 11 heteroatoms. The Hall–Kier alpha value is -1.32. The van der Waals surface area contributed by atoms with E-state index in [1.54, 1.807) is 13.0 Å². The molecule has 1 aromatic rings. The summed E-state index contributed by atoms with van der Waals surface area (Å²) < 4.78 is 29.7. The molecule has 1 aliphatic rings. The van der Waals surface area contributed by atoms with Gasteiger partial charge in [-0.3, -0.25) is 5.32 Å². The molecule has 2 atom stereocenters. The quantitative estimate of drug-likeness (QED) is 0.770. The average molecular weight is 383 g/mol. The Labute approximate surface area is 144 Å². The maximum atomic E-state index is 12.3. The molecule has 0 saturated heterocycles. The van der Waals surface area contributed by atoms with Crippen molar-refractivity contribution in [2.75, 3.05) is 12.4 Å². The number of aryl methyl sites for hydroxylation is 1. The van der Waals surface area contributed by atoms with Crippen LogP contribution in [0, 0.1) is 6.92 Å². The molecular formula is C12H16Cl2N4O4S. The van der Waals surface area contributed by atoms with Crippen molar-refractivity contribution < 1.29 is 17.9 Å². The molecule has 2 unspecified atom stereocenters. The number of aromatic nitrogens is 2. The molecule has 23 heavy (non-hydrogen) atoms. The van der Waals surface area contributed by atoms with Crippen molar-refractivity contribution in [3.8, 4) is 5.88 Å². The number of hydrogen-bond acceptors (Lipinski definition) is 6. The zero-order valence-electron chi connectivity index (χ0n) is 12.5. The molecule has 1 saturated carbocycles. The Bertz CT molecular complexity index is 715. The molecule has 0 aromatic carbocycles. The van der Waals surface area contributed by atoms with E-state index >= 15 is 0 Å². The minimum absolute atomic E-state index is 0.0907. The third kappa shape index (κ3) is 3.78. The number of halogens is 2. The fourth-order valence-electron chi connectivity index (χ4n) is 2.23. The van der Waals surface area contributed by atoms with Crippen molar-refractivity contribution in [1.29, 1.82) is 0 Å². The number of nitrogens with zero attached hydrogens (tertiary/aromatic N) is 2. The van der Waals surface area contributed by atoms with Gasteiger partial charge in [-0.2, -0.15) is 4.98 Å². The number of carbonyl (C=O) groups excluding carboxylic acids is 1. The fourth-order valence-corrected chi connectivity index (χ4v) is 4.54. The van der Waals surface area contributed by atoms with Gasteiger partial charge in [0.25, 0.3) is 10.0 Å². The highest BCUT2D eigenvalue weighted by atomic mass is 35.5.